The average molecular weight is 325 g/mol. The van der Waals surface area contributed by atoms with Crippen LogP contribution in [0.4, 0.5) is 5.69 Å². The van der Waals surface area contributed by atoms with Gasteiger partial charge in [-0.05, 0) is 36.4 Å². The fourth-order valence-corrected chi connectivity index (χ4v) is 1.76. The molecule has 1 heterocycles. The van der Waals surface area contributed by atoms with Crippen LogP contribution in [0.15, 0.2) is 42.6 Å². The molecule has 108 valence electrons. The second-order valence-electron chi connectivity index (χ2n) is 3.97. The molecular weight excluding hydrogens is 315 g/mol. The lowest BCUT2D eigenvalue weighted by atomic mass is 10.2. The monoisotopic (exact) mass is 324 g/mol. The van der Waals surface area contributed by atoms with Crippen LogP contribution >= 0.6 is 23.2 Å². The van der Waals surface area contributed by atoms with E-state index in [-0.39, 0.29) is 5.15 Å². The maximum absolute atomic E-state index is 11.7. The lowest BCUT2D eigenvalue weighted by Crippen LogP contribution is -2.21. The summed E-state index contributed by atoms with van der Waals surface area (Å²) in [5.74, 6) is -1.12. The van der Waals surface area contributed by atoms with Crippen LogP contribution in [0, 0.1) is 0 Å². The first-order valence-corrected chi connectivity index (χ1v) is 6.65. The van der Waals surface area contributed by atoms with Gasteiger partial charge in [-0.15, -0.1) is 0 Å². The van der Waals surface area contributed by atoms with Crippen LogP contribution in [0.25, 0.3) is 0 Å². The van der Waals surface area contributed by atoms with Crippen molar-refractivity contribution in [2.24, 2.45) is 0 Å². The van der Waals surface area contributed by atoms with Crippen LogP contribution in [-0.2, 0) is 9.53 Å². The van der Waals surface area contributed by atoms with Gasteiger partial charge in [0.05, 0.1) is 11.3 Å². The molecule has 0 aliphatic carbocycles. The second-order valence-corrected chi connectivity index (χ2v) is 4.77. The van der Waals surface area contributed by atoms with Crippen molar-refractivity contribution in [2.45, 2.75) is 0 Å². The van der Waals surface area contributed by atoms with E-state index < -0.39 is 18.5 Å². The minimum absolute atomic E-state index is 0.162. The highest BCUT2D eigenvalue weighted by Gasteiger charge is 2.11. The number of hydrogen-bond acceptors (Lipinski definition) is 4. The number of esters is 1. The molecule has 1 aromatic heterocycles. The molecule has 0 unspecified atom stereocenters. The predicted octanol–water partition coefficient (Wildman–Crippen LogP) is 3.18. The number of carbonyl (C=O) groups excluding carboxylic acids is 2. The van der Waals surface area contributed by atoms with Crippen molar-refractivity contribution in [2.75, 3.05) is 11.9 Å². The van der Waals surface area contributed by atoms with Crippen molar-refractivity contribution in [3.05, 3.63) is 58.3 Å². The largest absolute Gasteiger partial charge is 0.452 e. The van der Waals surface area contributed by atoms with Gasteiger partial charge in [0.25, 0.3) is 5.91 Å². The number of hydrogen-bond donors (Lipinski definition) is 1. The third kappa shape index (κ3) is 4.44. The molecule has 0 bridgehead atoms. The number of anilines is 1. The van der Waals surface area contributed by atoms with Gasteiger partial charge >= 0.3 is 5.97 Å². The Labute approximate surface area is 130 Å². The standard InChI is InChI=1S/C14H10Cl2N2O3/c15-10-5-3-9(4-6-10)14(20)21-8-12(19)18-11-2-1-7-17-13(11)16/h1-7H,8H2,(H,18,19). The quantitative estimate of drug-likeness (QED) is 0.692. The number of carbonyl (C=O) groups is 2. The van der Waals surface area contributed by atoms with Crippen LogP contribution in [0.1, 0.15) is 10.4 Å². The summed E-state index contributed by atoms with van der Waals surface area (Å²) in [6.07, 6.45) is 1.50. The SMILES string of the molecule is O=C(COC(=O)c1ccc(Cl)cc1)Nc1cccnc1Cl. The molecule has 1 N–H and O–H groups in total. The molecule has 0 atom stereocenters. The highest BCUT2D eigenvalue weighted by atomic mass is 35.5. The van der Waals surface area contributed by atoms with E-state index in [2.05, 4.69) is 10.3 Å². The van der Waals surface area contributed by atoms with Gasteiger partial charge in [-0.2, -0.15) is 0 Å². The topological polar surface area (TPSA) is 68.3 Å². The molecular formula is C14H10Cl2N2O3. The number of benzene rings is 1. The zero-order chi connectivity index (χ0) is 15.2. The first-order chi connectivity index (χ1) is 10.1. The lowest BCUT2D eigenvalue weighted by molar-refractivity contribution is -0.119. The number of rotatable bonds is 4. The first kappa shape index (κ1) is 15.3. The van der Waals surface area contributed by atoms with Crippen LogP contribution in [0.2, 0.25) is 10.2 Å². The van der Waals surface area contributed by atoms with Crippen LogP contribution in [-0.4, -0.2) is 23.5 Å². The van der Waals surface area contributed by atoms with Gasteiger partial charge in [0, 0.05) is 11.2 Å². The third-order valence-corrected chi connectivity index (χ3v) is 3.00. The van der Waals surface area contributed by atoms with Crippen molar-refractivity contribution in [1.82, 2.24) is 4.98 Å². The minimum atomic E-state index is -0.612. The number of halogens is 2. The summed E-state index contributed by atoms with van der Waals surface area (Å²) in [7, 11) is 0. The Balaban J connectivity index is 1.88. The zero-order valence-corrected chi connectivity index (χ0v) is 12.2. The zero-order valence-electron chi connectivity index (χ0n) is 10.7. The van der Waals surface area contributed by atoms with Crippen molar-refractivity contribution in [3.8, 4) is 0 Å². The van der Waals surface area contributed by atoms with Crippen LogP contribution in [0.5, 0.6) is 0 Å². The molecule has 0 spiro atoms. The molecule has 0 saturated carbocycles. The van der Waals surface area contributed by atoms with E-state index in [4.69, 9.17) is 27.9 Å². The van der Waals surface area contributed by atoms with E-state index in [9.17, 15) is 9.59 Å². The van der Waals surface area contributed by atoms with E-state index in [1.165, 1.54) is 18.3 Å². The van der Waals surface area contributed by atoms with Crippen LogP contribution < -0.4 is 5.32 Å². The normalized spacial score (nSPS) is 10.0. The van der Waals surface area contributed by atoms with E-state index >= 15 is 0 Å². The van der Waals surface area contributed by atoms with Gasteiger partial charge in [-0.1, -0.05) is 23.2 Å². The highest BCUT2D eigenvalue weighted by Crippen LogP contribution is 2.17. The van der Waals surface area contributed by atoms with Gasteiger partial charge in [0.15, 0.2) is 11.8 Å². The summed E-state index contributed by atoms with van der Waals surface area (Å²) in [6, 6.07) is 9.37. The molecule has 0 saturated heterocycles. The van der Waals surface area contributed by atoms with Crippen molar-refractivity contribution in [1.29, 1.82) is 0 Å². The maximum atomic E-state index is 11.7. The Morgan fingerprint density at radius 2 is 1.86 bits per heavy atom. The Morgan fingerprint density at radius 1 is 1.14 bits per heavy atom. The molecule has 0 fully saturated rings. The molecule has 2 rings (SSSR count). The third-order valence-electron chi connectivity index (χ3n) is 2.45. The van der Waals surface area contributed by atoms with E-state index in [0.717, 1.165) is 0 Å². The number of nitrogens with one attached hydrogen (secondary N) is 1. The molecule has 0 aliphatic heterocycles. The minimum Gasteiger partial charge on any atom is -0.452 e. The summed E-state index contributed by atoms with van der Waals surface area (Å²) in [4.78, 5) is 27.2. The van der Waals surface area contributed by atoms with Crippen LogP contribution in [0.3, 0.4) is 0 Å². The summed E-state index contributed by atoms with van der Waals surface area (Å²) in [5, 5.41) is 3.17. The van der Waals surface area contributed by atoms with Crippen molar-refractivity contribution >= 4 is 40.8 Å². The first-order valence-electron chi connectivity index (χ1n) is 5.89. The lowest BCUT2D eigenvalue weighted by Gasteiger charge is -2.07. The number of aromatic nitrogens is 1. The summed E-state index contributed by atoms with van der Waals surface area (Å²) < 4.78 is 4.88. The summed E-state index contributed by atoms with van der Waals surface area (Å²) >= 11 is 11.5. The van der Waals surface area contributed by atoms with E-state index in [1.54, 1.807) is 24.3 Å². The van der Waals surface area contributed by atoms with Gasteiger partial charge < -0.3 is 10.1 Å². The number of pyridine rings is 1. The predicted molar refractivity (Wildman–Crippen MR) is 79.6 cm³/mol. The van der Waals surface area contributed by atoms with E-state index in [1.807, 2.05) is 0 Å². The Bertz CT molecular complexity index is 660. The Morgan fingerprint density at radius 3 is 2.52 bits per heavy atom. The molecule has 7 heteroatoms. The molecule has 5 nitrogen and oxygen atoms in total. The number of amides is 1. The Hall–Kier alpha value is -2.11. The summed E-state index contributed by atoms with van der Waals surface area (Å²) in [5.41, 5.74) is 0.665. The fraction of sp³-hybridized carbons (Fsp3) is 0.0714. The van der Waals surface area contributed by atoms with Crippen molar-refractivity contribution < 1.29 is 14.3 Å². The van der Waals surface area contributed by atoms with Gasteiger partial charge in [-0.3, -0.25) is 4.79 Å². The molecule has 1 amide bonds. The molecule has 2 aromatic rings. The molecule has 0 aliphatic rings. The van der Waals surface area contributed by atoms with E-state index in [0.29, 0.717) is 16.3 Å². The molecule has 21 heavy (non-hydrogen) atoms. The summed E-state index contributed by atoms with van der Waals surface area (Å²) in [6.45, 7) is -0.424. The van der Waals surface area contributed by atoms with Gasteiger partial charge in [-0.25, -0.2) is 9.78 Å². The molecule has 0 radical (unpaired) electrons. The maximum Gasteiger partial charge on any atom is 0.338 e. The van der Waals surface area contributed by atoms with Gasteiger partial charge in [0.2, 0.25) is 0 Å². The number of nitrogens with zero attached hydrogens (tertiary/aromatic N) is 1. The smallest absolute Gasteiger partial charge is 0.338 e. The second kappa shape index (κ2) is 7.06. The Kier molecular flexibility index (Phi) is 5.14. The highest BCUT2D eigenvalue weighted by molar-refractivity contribution is 6.32. The fourth-order valence-electron chi connectivity index (χ4n) is 1.47. The average Bonchev–Trinajstić information content (AvgIpc) is 2.48. The van der Waals surface area contributed by atoms with Crippen molar-refractivity contribution in [3.63, 3.8) is 0 Å². The molecule has 1 aromatic carbocycles. The van der Waals surface area contributed by atoms with Gasteiger partial charge in [0.1, 0.15) is 0 Å². The number of ether oxygens (including phenoxy) is 1.